The lowest BCUT2D eigenvalue weighted by Crippen LogP contribution is -2.54. The van der Waals surface area contributed by atoms with Crippen LogP contribution in [0.2, 0.25) is 0 Å². The van der Waals surface area contributed by atoms with Crippen LogP contribution in [0.3, 0.4) is 0 Å². The molecule has 3 rings (SSSR count). The molecule has 122 valence electrons. The monoisotopic (exact) mass is 326 g/mol. The zero-order valence-corrected chi connectivity index (χ0v) is 13.3. The normalized spacial score (nSPS) is 22.5. The Morgan fingerprint density at radius 1 is 1.05 bits per heavy atom. The van der Waals surface area contributed by atoms with Crippen LogP contribution in [0.5, 0.6) is 0 Å². The summed E-state index contributed by atoms with van der Waals surface area (Å²) in [7, 11) is -3.31. The number of aromatic nitrogens is 2. The van der Waals surface area contributed by atoms with Crippen molar-refractivity contribution in [3.63, 3.8) is 0 Å². The fourth-order valence-corrected chi connectivity index (χ4v) is 4.47. The molecule has 2 N–H and O–H groups in total. The van der Waals surface area contributed by atoms with Gasteiger partial charge in [0.15, 0.2) is 0 Å². The van der Waals surface area contributed by atoms with Crippen molar-refractivity contribution >= 4 is 16.2 Å². The summed E-state index contributed by atoms with van der Waals surface area (Å²) >= 11 is 0. The van der Waals surface area contributed by atoms with Crippen LogP contribution >= 0.6 is 0 Å². The molecule has 0 atom stereocenters. The highest BCUT2D eigenvalue weighted by Crippen LogP contribution is 2.19. The molecule has 2 saturated heterocycles. The number of hydrogen-bond donors (Lipinski definition) is 2. The molecule has 0 unspecified atom stereocenters. The van der Waals surface area contributed by atoms with Gasteiger partial charge in [-0.25, -0.2) is 9.97 Å². The van der Waals surface area contributed by atoms with Gasteiger partial charge in [-0.1, -0.05) is 0 Å². The molecule has 22 heavy (non-hydrogen) atoms. The Morgan fingerprint density at radius 2 is 1.64 bits per heavy atom. The molecule has 2 aliphatic heterocycles. The van der Waals surface area contributed by atoms with Gasteiger partial charge in [-0.05, 0) is 18.9 Å². The van der Waals surface area contributed by atoms with E-state index in [-0.39, 0.29) is 6.04 Å². The first kappa shape index (κ1) is 15.6. The molecular weight excluding hydrogens is 304 g/mol. The number of nitrogens with one attached hydrogen (secondary N) is 2. The smallest absolute Gasteiger partial charge is 0.282 e. The van der Waals surface area contributed by atoms with Gasteiger partial charge in [0.05, 0.1) is 0 Å². The van der Waals surface area contributed by atoms with Crippen LogP contribution in [0, 0.1) is 0 Å². The van der Waals surface area contributed by atoms with Crippen LogP contribution < -0.4 is 10.6 Å². The van der Waals surface area contributed by atoms with Crippen LogP contribution in [0.4, 0.5) is 5.95 Å². The minimum atomic E-state index is -3.31. The van der Waals surface area contributed by atoms with Crippen LogP contribution in [0.15, 0.2) is 18.5 Å². The molecule has 0 bridgehead atoms. The van der Waals surface area contributed by atoms with E-state index in [0.29, 0.717) is 32.1 Å². The van der Waals surface area contributed by atoms with Crippen LogP contribution in [0.25, 0.3) is 0 Å². The fourth-order valence-electron chi connectivity index (χ4n) is 2.83. The molecule has 3 heterocycles. The molecule has 0 saturated carbocycles. The van der Waals surface area contributed by atoms with E-state index in [0.717, 1.165) is 25.9 Å². The summed E-state index contributed by atoms with van der Waals surface area (Å²) < 4.78 is 28.3. The Labute approximate surface area is 131 Å². The molecule has 9 heteroatoms. The summed E-state index contributed by atoms with van der Waals surface area (Å²) in [5, 5.41) is 6.44. The molecule has 0 spiro atoms. The van der Waals surface area contributed by atoms with E-state index >= 15 is 0 Å². The van der Waals surface area contributed by atoms with Gasteiger partial charge in [-0.3, -0.25) is 0 Å². The summed E-state index contributed by atoms with van der Waals surface area (Å²) in [5.74, 6) is 0.603. The highest BCUT2D eigenvalue weighted by atomic mass is 32.2. The minimum Gasteiger partial charge on any atom is -0.351 e. The van der Waals surface area contributed by atoms with E-state index in [1.54, 1.807) is 27.1 Å². The van der Waals surface area contributed by atoms with Gasteiger partial charge in [0, 0.05) is 57.7 Å². The summed E-state index contributed by atoms with van der Waals surface area (Å²) in [6, 6.07) is 1.99. The predicted molar refractivity (Wildman–Crippen MR) is 83.6 cm³/mol. The predicted octanol–water partition coefficient (Wildman–Crippen LogP) is -0.497. The summed E-state index contributed by atoms with van der Waals surface area (Å²) in [6.07, 6.45) is 4.92. The van der Waals surface area contributed by atoms with Gasteiger partial charge in [0.25, 0.3) is 10.2 Å². The first-order chi connectivity index (χ1) is 10.7. The molecule has 1 aromatic heterocycles. The minimum absolute atomic E-state index is 0.219. The third-order valence-corrected chi connectivity index (χ3v) is 6.12. The number of nitrogens with zero attached hydrogens (tertiary/aromatic N) is 4. The SMILES string of the molecule is O=S(=O)(N1CCNCC1)N1CCC(Nc2ncccn2)CC1. The van der Waals surface area contributed by atoms with E-state index in [1.165, 1.54) is 0 Å². The Morgan fingerprint density at radius 3 is 2.27 bits per heavy atom. The van der Waals surface area contributed by atoms with E-state index < -0.39 is 10.2 Å². The molecule has 0 aliphatic carbocycles. The van der Waals surface area contributed by atoms with Crippen molar-refractivity contribution in [2.75, 3.05) is 44.6 Å². The molecule has 2 fully saturated rings. The summed E-state index contributed by atoms with van der Waals surface area (Å²) in [6.45, 7) is 3.63. The summed E-state index contributed by atoms with van der Waals surface area (Å²) in [5.41, 5.74) is 0. The molecular formula is C13H22N6O2S. The first-order valence-electron chi connectivity index (χ1n) is 7.66. The Balaban J connectivity index is 1.54. The third kappa shape index (κ3) is 3.54. The molecule has 0 amide bonds. The average molecular weight is 326 g/mol. The van der Waals surface area contributed by atoms with Gasteiger partial charge in [-0.15, -0.1) is 0 Å². The van der Waals surface area contributed by atoms with Gasteiger partial charge >= 0.3 is 0 Å². The van der Waals surface area contributed by atoms with Gasteiger partial charge < -0.3 is 10.6 Å². The second kappa shape index (κ2) is 6.86. The molecule has 0 radical (unpaired) electrons. The quantitative estimate of drug-likeness (QED) is 0.775. The standard InChI is InChI=1S/C13H22N6O2S/c20-22(21,19-10-6-14-7-11-19)18-8-2-12(3-9-18)17-13-15-4-1-5-16-13/h1,4-5,12,14H,2-3,6-11H2,(H,15,16,17). The summed E-state index contributed by atoms with van der Waals surface area (Å²) in [4.78, 5) is 8.29. The lowest BCUT2D eigenvalue weighted by atomic mass is 10.1. The van der Waals surface area contributed by atoms with Gasteiger partial charge in [0.1, 0.15) is 0 Å². The molecule has 2 aliphatic rings. The zero-order valence-electron chi connectivity index (χ0n) is 12.5. The number of anilines is 1. The Bertz CT molecular complexity index is 567. The van der Waals surface area contributed by atoms with Crippen LogP contribution in [-0.2, 0) is 10.2 Å². The number of rotatable bonds is 4. The van der Waals surface area contributed by atoms with E-state index in [4.69, 9.17) is 0 Å². The second-order valence-corrected chi connectivity index (χ2v) is 7.48. The largest absolute Gasteiger partial charge is 0.351 e. The molecule has 8 nitrogen and oxygen atoms in total. The topological polar surface area (TPSA) is 90.5 Å². The van der Waals surface area contributed by atoms with Gasteiger partial charge in [-0.2, -0.15) is 17.0 Å². The lowest BCUT2D eigenvalue weighted by molar-refractivity contribution is 0.280. The highest BCUT2D eigenvalue weighted by Gasteiger charge is 2.33. The van der Waals surface area contributed by atoms with Crippen molar-refractivity contribution in [2.24, 2.45) is 0 Å². The van der Waals surface area contributed by atoms with E-state index in [2.05, 4.69) is 20.6 Å². The molecule has 0 aromatic carbocycles. The molecule has 1 aromatic rings. The average Bonchev–Trinajstić information content (AvgIpc) is 2.57. The maximum Gasteiger partial charge on any atom is 0.282 e. The van der Waals surface area contributed by atoms with Crippen LogP contribution in [0.1, 0.15) is 12.8 Å². The zero-order chi connectivity index (χ0) is 15.4. The van der Waals surface area contributed by atoms with Crippen molar-refractivity contribution in [1.82, 2.24) is 23.9 Å². The van der Waals surface area contributed by atoms with Crippen molar-refractivity contribution in [1.29, 1.82) is 0 Å². The Hall–Kier alpha value is -1.29. The highest BCUT2D eigenvalue weighted by molar-refractivity contribution is 7.86. The number of hydrogen-bond acceptors (Lipinski definition) is 6. The number of piperidine rings is 1. The van der Waals surface area contributed by atoms with Crippen molar-refractivity contribution in [3.8, 4) is 0 Å². The van der Waals surface area contributed by atoms with E-state index in [1.807, 2.05) is 0 Å². The first-order valence-corrected chi connectivity index (χ1v) is 9.05. The lowest BCUT2D eigenvalue weighted by Gasteiger charge is -2.36. The Kier molecular flexibility index (Phi) is 4.87. The maximum absolute atomic E-state index is 12.6. The van der Waals surface area contributed by atoms with Crippen molar-refractivity contribution < 1.29 is 8.42 Å². The second-order valence-electron chi connectivity index (χ2n) is 5.55. The fraction of sp³-hybridized carbons (Fsp3) is 0.692. The maximum atomic E-state index is 12.6. The van der Waals surface area contributed by atoms with E-state index in [9.17, 15) is 8.42 Å². The van der Waals surface area contributed by atoms with Crippen LogP contribution in [-0.4, -0.2) is 72.3 Å². The van der Waals surface area contributed by atoms with Gasteiger partial charge in [0.2, 0.25) is 5.95 Å². The number of piperazine rings is 1. The van der Waals surface area contributed by atoms with Crippen molar-refractivity contribution in [3.05, 3.63) is 18.5 Å². The van der Waals surface area contributed by atoms with Crippen molar-refractivity contribution in [2.45, 2.75) is 18.9 Å². The third-order valence-electron chi connectivity index (χ3n) is 4.08.